The number of ether oxygens (including phenoxy) is 1. The van der Waals surface area contributed by atoms with E-state index in [0.717, 1.165) is 31.6 Å². The van der Waals surface area contributed by atoms with Crippen molar-refractivity contribution in [1.29, 1.82) is 0 Å². The van der Waals surface area contributed by atoms with Crippen LogP contribution in [0.4, 0.5) is 10.1 Å². The first-order chi connectivity index (χ1) is 8.22. The Labute approximate surface area is 100 Å². The fourth-order valence-electron chi connectivity index (χ4n) is 2.21. The summed E-state index contributed by atoms with van der Waals surface area (Å²) in [5, 5.41) is 0. The van der Waals surface area contributed by atoms with Crippen molar-refractivity contribution in [3.63, 3.8) is 0 Å². The molecule has 0 N–H and O–H groups in total. The zero-order valence-electron chi connectivity index (χ0n) is 9.86. The standard InChI is InChI=1S/C13H16FNO2/c1-17-13-3-2-4-15(8-13)12-6-10(9-16)5-11(14)7-12/h5-7,9,13H,2-4,8H2,1H3. The second-order valence-electron chi connectivity index (χ2n) is 4.31. The molecule has 0 aliphatic carbocycles. The molecule has 2 rings (SSSR count). The van der Waals surface area contributed by atoms with Gasteiger partial charge in [0.25, 0.3) is 0 Å². The van der Waals surface area contributed by atoms with E-state index in [1.165, 1.54) is 12.1 Å². The van der Waals surface area contributed by atoms with Crippen molar-refractivity contribution < 1.29 is 13.9 Å². The topological polar surface area (TPSA) is 29.5 Å². The molecule has 1 atom stereocenters. The third-order valence-corrected chi connectivity index (χ3v) is 3.12. The van der Waals surface area contributed by atoms with Crippen LogP contribution < -0.4 is 4.90 Å². The van der Waals surface area contributed by atoms with Crippen molar-refractivity contribution in [3.05, 3.63) is 29.6 Å². The van der Waals surface area contributed by atoms with Gasteiger partial charge in [-0.2, -0.15) is 0 Å². The summed E-state index contributed by atoms with van der Waals surface area (Å²) in [5.74, 6) is -0.371. The van der Waals surface area contributed by atoms with Crippen molar-refractivity contribution in [1.82, 2.24) is 0 Å². The highest BCUT2D eigenvalue weighted by molar-refractivity contribution is 5.77. The maximum atomic E-state index is 13.3. The van der Waals surface area contributed by atoms with Crippen LogP contribution in [0.1, 0.15) is 23.2 Å². The monoisotopic (exact) mass is 237 g/mol. The Kier molecular flexibility index (Phi) is 3.74. The van der Waals surface area contributed by atoms with Crippen LogP contribution in [0.15, 0.2) is 18.2 Å². The van der Waals surface area contributed by atoms with E-state index in [9.17, 15) is 9.18 Å². The molecule has 0 saturated carbocycles. The lowest BCUT2D eigenvalue weighted by molar-refractivity contribution is 0.0893. The highest BCUT2D eigenvalue weighted by Gasteiger charge is 2.20. The third-order valence-electron chi connectivity index (χ3n) is 3.12. The molecular formula is C13H16FNO2. The minimum atomic E-state index is -0.371. The van der Waals surface area contributed by atoms with Crippen molar-refractivity contribution in [2.75, 3.05) is 25.1 Å². The molecular weight excluding hydrogens is 221 g/mol. The molecule has 3 nitrogen and oxygen atoms in total. The Morgan fingerprint density at radius 3 is 3.00 bits per heavy atom. The Morgan fingerprint density at radius 1 is 1.47 bits per heavy atom. The van der Waals surface area contributed by atoms with Crippen LogP contribution in [0.2, 0.25) is 0 Å². The summed E-state index contributed by atoms with van der Waals surface area (Å²) in [6, 6.07) is 4.42. The molecule has 1 aromatic carbocycles. The number of carbonyl (C=O) groups excluding carboxylic acids is 1. The van der Waals surface area contributed by atoms with Crippen LogP contribution in [-0.4, -0.2) is 32.6 Å². The molecule has 0 amide bonds. The van der Waals surface area contributed by atoms with Crippen LogP contribution in [0, 0.1) is 5.82 Å². The number of carbonyl (C=O) groups is 1. The predicted octanol–water partition coefficient (Wildman–Crippen LogP) is 2.25. The van der Waals surface area contributed by atoms with E-state index in [1.54, 1.807) is 13.2 Å². The summed E-state index contributed by atoms with van der Waals surface area (Å²) in [7, 11) is 1.69. The molecule has 0 bridgehead atoms. The molecule has 92 valence electrons. The Hall–Kier alpha value is -1.42. The highest BCUT2D eigenvalue weighted by atomic mass is 19.1. The van der Waals surface area contributed by atoms with E-state index >= 15 is 0 Å². The van der Waals surface area contributed by atoms with Crippen LogP contribution in [-0.2, 0) is 4.74 Å². The summed E-state index contributed by atoms with van der Waals surface area (Å²) in [6.45, 7) is 1.62. The van der Waals surface area contributed by atoms with Crippen LogP contribution in [0.25, 0.3) is 0 Å². The minimum Gasteiger partial charge on any atom is -0.380 e. The molecule has 17 heavy (non-hydrogen) atoms. The average Bonchev–Trinajstić information content (AvgIpc) is 2.38. The van der Waals surface area contributed by atoms with Crippen molar-refractivity contribution in [2.45, 2.75) is 18.9 Å². The molecule has 1 aliphatic rings. The van der Waals surface area contributed by atoms with Gasteiger partial charge < -0.3 is 9.64 Å². The number of halogens is 1. The molecule has 1 aromatic rings. The van der Waals surface area contributed by atoms with Crippen LogP contribution in [0.5, 0.6) is 0 Å². The van der Waals surface area contributed by atoms with Gasteiger partial charge in [-0.25, -0.2) is 4.39 Å². The Balaban J connectivity index is 2.20. The number of rotatable bonds is 3. The summed E-state index contributed by atoms with van der Waals surface area (Å²) in [5.41, 5.74) is 1.13. The second kappa shape index (κ2) is 5.27. The SMILES string of the molecule is COC1CCCN(c2cc(F)cc(C=O)c2)C1. The first kappa shape index (κ1) is 12.0. The van der Waals surface area contributed by atoms with Gasteiger partial charge in [0.05, 0.1) is 6.10 Å². The summed E-state index contributed by atoms with van der Waals surface area (Å²) in [6.07, 6.45) is 2.91. The number of methoxy groups -OCH3 is 1. The largest absolute Gasteiger partial charge is 0.380 e. The molecule has 1 saturated heterocycles. The van der Waals surface area contributed by atoms with E-state index in [1.807, 2.05) is 0 Å². The fraction of sp³-hybridized carbons (Fsp3) is 0.462. The summed E-state index contributed by atoms with van der Waals surface area (Å²) >= 11 is 0. The lowest BCUT2D eigenvalue weighted by Crippen LogP contribution is -2.39. The highest BCUT2D eigenvalue weighted by Crippen LogP contribution is 2.23. The van der Waals surface area contributed by atoms with Gasteiger partial charge >= 0.3 is 0 Å². The average molecular weight is 237 g/mol. The molecule has 1 aliphatic heterocycles. The lowest BCUT2D eigenvalue weighted by atomic mass is 10.1. The lowest BCUT2D eigenvalue weighted by Gasteiger charge is -2.33. The van der Waals surface area contributed by atoms with E-state index in [-0.39, 0.29) is 11.9 Å². The van der Waals surface area contributed by atoms with Gasteiger partial charge in [-0.1, -0.05) is 0 Å². The van der Waals surface area contributed by atoms with Crippen molar-refractivity contribution >= 4 is 12.0 Å². The van der Waals surface area contributed by atoms with Gasteiger partial charge in [-0.3, -0.25) is 4.79 Å². The minimum absolute atomic E-state index is 0.187. The molecule has 0 radical (unpaired) electrons. The van der Waals surface area contributed by atoms with Crippen molar-refractivity contribution in [3.8, 4) is 0 Å². The van der Waals surface area contributed by atoms with Gasteiger partial charge in [0.1, 0.15) is 12.1 Å². The number of hydrogen-bond acceptors (Lipinski definition) is 3. The molecule has 1 unspecified atom stereocenters. The van der Waals surface area contributed by atoms with E-state index in [2.05, 4.69) is 4.90 Å². The number of aldehydes is 1. The number of benzene rings is 1. The summed E-state index contributed by atoms with van der Waals surface area (Å²) < 4.78 is 18.7. The third kappa shape index (κ3) is 2.82. The predicted molar refractivity (Wildman–Crippen MR) is 64.0 cm³/mol. The number of hydrogen-bond donors (Lipinski definition) is 0. The zero-order valence-corrected chi connectivity index (χ0v) is 9.86. The molecule has 1 fully saturated rings. The quantitative estimate of drug-likeness (QED) is 0.755. The number of nitrogens with zero attached hydrogens (tertiary/aromatic N) is 1. The Morgan fingerprint density at radius 2 is 2.29 bits per heavy atom. The first-order valence-corrected chi connectivity index (χ1v) is 5.76. The maximum absolute atomic E-state index is 13.3. The molecule has 4 heteroatoms. The molecule has 0 spiro atoms. The number of piperidine rings is 1. The van der Waals surface area contributed by atoms with Gasteiger partial charge in [0, 0.05) is 31.5 Å². The maximum Gasteiger partial charge on any atom is 0.150 e. The number of anilines is 1. The Bertz CT molecular complexity index is 408. The van der Waals surface area contributed by atoms with E-state index < -0.39 is 0 Å². The van der Waals surface area contributed by atoms with E-state index in [4.69, 9.17) is 4.74 Å². The smallest absolute Gasteiger partial charge is 0.150 e. The van der Waals surface area contributed by atoms with Gasteiger partial charge in [0.15, 0.2) is 0 Å². The molecule has 0 aromatic heterocycles. The van der Waals surface area contributed by atoms with Crippen molar-refractivity contribution in [2.24, 2.45) is 0 Å². The zero-order chi connectivity index (χ0) is 12.3. The van der Waals surface area contributed by atoms with Crippen LogP contribution >= 0.6 is 0 Å². The van der Waals surface area contributed by atoms with Gasteiger partial charge in [-0.15, -0.1) is 0 Å². The van der Waals surface area contributed by atoms with Crippen LogP contribution in [0.3, 0.4) is 0 Å². The fourth-order valence-corrected chi connectivity index (χ4v) is 2.21. The first-order valence-electron chi connectivity index (χ1n) is 5.76. The second-order valence-corrected chi connectivity index (χ2v) is 4.31. The van der Waals surface area contributed by atoms with Gasteiger partial charge in [-0.05, 0) is 31.0 Å². The van der Waals surface area contributed by atoms with E-state index in [0.29, 0.717) is 11.8 Å². The summed E-state index contributed by atoms with van der Waals surface area (Å²) in [4.78, 5) is 12.8. The molecule has 1 heterocycles. The normalized spacial score (nSPS) is 20.4. The van der Waals surface area contributed by atoms with Gasteiger partial charge in [0.2, 0.25) is 0 Å².